The number of aryl methyl sites for hydroxylation is 1. The largest absolute Gasteiger partial charge is 0.373 e. The van der Waals surface area contributed by atoms with Crippen molar-refractivity contribution in [2.45, 2.75) is 53.9 Å². The predicted molar refractivity (Wildman–Crippen MR) is 77.9 cm³/mol. The minimum atomic E-state index is 0.331. The highest BCUT2D eigenvalue weighted by molar-refractivity contribution is 5.35. The van der Waals surface area contributed by atoms with Crippen LogP contribution in [0.5, 0.6) is 0 Å². The molecular formula is C15H27N3. The van der Waals surface area contributed by atoms with Crippen LogP contribution in [0.15, 0.2) is 6.07 Å². The van der Waals surface area contributed by atoms with Gasteiger partial charge in [-0.3, -0.25) is 0 Å². The Morgan fingerprint density at radius 2 is 1.89 bits per heavy atom. The molecule has 18 heavy (non-hydrogen) atoms. The third-order valence-corrected chi connectivity index (χ3v) is 2.80. The maximum Gasteiger partial charge on any atom is 0.131 e. The molecule has 0 radical (unpaired) electrons. The van der Waals surface area contributed by atoms with E-state index < -0.39 is 0 Å². The molecule has 0 aliphatic carbocycles. The van der Waals surface area contributed by atoms with Crippen LogP contribution in [0.3, 0.4) is 0 Å². The molecule has 0 aromatic carbocycles. The first-order valence-corrected chi connectivity index (χ1v) is 6.85. The highest BCUT2D eigenvalue weighted by Gasteiger charge is 2.12. The van der Waals surface area contributed by atoms with E-state index >= 15 is 0 Å². The molecular weight excluding hydrogens is 222 g/mol. The average Bonchev–Trinajstić information content (AvgIpc) is 2.24. The molecule has 0 amide bonds. The van der Waals surface area contributed by atoms with Gasteiger partial charge in [0.1, 0.15) is 11.6 Å². The molecule has 1 heterocycles. The van der Waals surface area contributed by atoms with Gasteiger partial charge in [0.05, 0.1) is 0 Å². The Hall–Kier alpha value is -1.12. The summed E-state index contributed by atoms with van der Waals surface area (Å²) in [6.07, 6.45) is 3.07. The molecule has 0 saturated heterocycles. The van der Waals surface area contributed by atoms with Crippen LogP contribution in [-0.2, 0) is 12.8 Å². The lowest BCUT2D eigenvalue weighted by Gasteiger charge is -2.17. The highest BCUT2D eigenvalue weighted by atomic mass is 15.0. The van der Waals surface area contributed by atoms with Gasteiger partial charge in [0, 0.05) is 25.2 Å². The molecule has 0 aliphatic rings. The van der Waals surface area contributed by atoms with Gasteiger partial charge in [0.25, 0.3) is 0 Å². The second-order valence-electron chi connectivity index (χ2n) is 6.57. The predicted octanol–water partition coefficient (Wildman–Crippen LogP) is 3.70. The van der Waals surface area contributed by atoms with Gasteiger partial charge in [-0.2, -0.15) is 0 Å². The molecule has 102 valence electrons. The van der Waals surface area contributed by atoms with Crippen molar-refractivity contribution in [2.75, 3.05) is 12.4 Å². The zero-order chi connectivity index (χ0) is 13.8. The molecule has 0 aliphatic heterocycles. The first kappa shape index (κ1) is 14.9. The Morgan fingerprint density at radius 1 is 1.22 bits per heavy atom. The van der Waals surface area contributed by atoms with Crippen LogP contribution in [0.1, 0.15) is 52.6 Å². The van der Waals surface area contributed by atoms with Crippen LogP contribution < -0.4 is 5.32 Å². The van der Waals surface area contributed by atoms with Crippen LogP contribution >= 0.6 is 0 Å². The van der Waals surface area contributed by atoms with Crippen molar-refractivity contribution >= 4 is 5.82 Å². The molecule has 0 fully saturated rings. The van der Waals surface area contributed by atoms with E-state index in [-0.39, 0.29) is 0 Å². The lowest BCUT2D eigenvalue weighted by atomic mass is 9.90. The molecule has 1 aromatic heterocycles. The zero-order valence-electron chi connectivity index (χ0n) is 12.7. The van der Waals surface area contributed by atoms with E-state index in [9.17, 15) is 0 Å². The van der Waals surface area contributed by atoms with E-state index in [1.807, 2.05) is 7.05 Å². The Labute approximate surface area is 111 Å². The molecule has 3 heteroatoms. The van der Waals surface area contributed by atoms with E-state index in [4.69, 9.17) is 0 Å². The van der Waals surface area contributed by atoms with E-state index in [1.54, 1.807) is 0 Å². The van der Waals surface area contributed by atoms with Crippen molar-refractivity contribution in [3.63, 3.8) is 0 Å². The van der Waals surface area contributed by atoms with Gasteiger partial charge in [-0.15, -0.1) is 0 Å². The molecule has 1 aromatic rings. The Bertz CT molecular complexity index is 378. The zero-order valence-corrected chi connectivity index (χ0v) is 12.7. The standard InChI is InChI=1S/C15H27N3/c1-11(2)9-12-10-14(16-6)18-13(17-12)7-8-15(3,4)5/h10-11H,7-9H2,1-6H3,(H,16,17,18). The summed E-state index contributed by atoms with van der Waals surface area (Å²) in [5, 5.41) is 3.13. The van der Waals surface area contributed by atoms with Gasteiger partial charge < -0.3 is 5.32 Å². The molecule has 0 saturated carbocycles. The summed E-state index contributed by atoms with van der Waals surface area (Å²) >= 11 is 0. The summed E-state index contributed by atoms with van der Waals surface area (Å²) in [5.74, 6) is 2.53. The third-order valence-electron chi connectivity index (χ3n) is 2.80. The van der Waals surface area contributed by atoms with E-state index in [1.165, 1.54) is 0 Å². The fraction of sp³-hybridized carbons (Fsp3) is 0.733. The average molecular weight is 249 g/mol. The van der Waals surface area contributed by atoms with Crippen molar-refractivity contribution < 1.29 is 0 Å². The Balaban J connectivity index is 2.83. The summed E-state index contributed by atoms with van der Waals surface area (Å²) < 4.78 is 0. The number of nitrogens with zero attached hydrogens (tertiary/aromatic N) is 2. The first-order valence-electron chi connectivity index (χ1n) is 6.85. The first-order chi connectivity index (χ1) is 8.30. The van der Waals surface area contributed by atoms with E-state index in [2.05, 4.69) is 56.0 Å². The van der Waals surface area contributed by atoms with E-state index in [0.717, 1.165) is 36.6 Å². The lowest BCUT2D eigenvalue weighted by Crippen LogP contribution is -2.10. The van der Waals surface area contributed by atoms with Gasteiger partial charge in [-0.25, -0.2) is 9.97 Å². The van der Waals surface area contributed by atoms with Gasteiger partial charge >= 0.3 is 0 Å². The SMILES string of the molecule is CNc1cc(CC(C)C)nc(CCC(C)(C)C)n1. The van der Waals surface area contributed by atoms with Crippen molar-refractivity contribution in [2.24, 2.45) is 11.3 Å². The van der Waals surface area contributed by atoms with Crippen LogP contribution in [0.2, 0.25) is 0 Å². The smallest absolute Gasteiger partial charge is 0.131 e. The van der Waals surface area contributed by atoms with Crippen LogP contribution in [0, 0.1) is 11.3 Å². The second-order valence-corrected chi connectivity index (χ2v) is 6.57. The van der Waals surface area contributed by atoms with E-state index in [0.29, 0.717) is 11.3 Å². The minimum absolute atomic E-state index is 0.331. The minimum Gasteiger partial charge on any atom is -0.373 e. The summed E-state index contributed by atoms with van der Waals surface area (Å²) in [6.45, 7) is 11.2. The quantitative estimate of drug-likeness (QED) is 0.864. The molecule has 0 bridgehead atoms. The lowest BCUT2D eigenvalue weighted by molar-refractivity contribution is 0.374. The molecule has 1 N–H and O–H groups in total. The maximum atomic E-state index is 4.67. The highest BCUT2D eigenvalue weighted by Crippen LogP contribution is 2.21. The third kappa shape index (κ3) is 5.48. The molecule has 0 atom stereocenters. The molecule has 3 nitrogen and oxygen atoms in total. The number of hydrogen-bond acceptors (Lipinski definition) is 3. The van der Waals surface area contributed by atoms with Gasteiger partial charge in [0.2, 0.25) is 0 Å². The van der Waals surface area contributed by atoms with Gasteiger partial charge in [-0.05, 0) is 24.2 Å². The monoisotopic (exact) mass is 249 g/mol. The number of nitrogens with one attached hydrogen (secondary N) is 1. The van der Waals surface area contributed by atoms with Crippen molar-refractivity contribution in [1.29, 1.82) is 0 Å². The molecule has 1 rings (SSSR count). The van der Waals surface area contributed by atoms with Crippen molar-refractivity contribution in [3.05, 3.63) is 17.6 Å². The number of aromatic nitrogens is 2. The topological polar surface area (TPSA) is 37.8 Å². The van der Waals surface area contributed by atoms with Crippen molar-refractivity contribution in [1.82, 2.24) is 9.97 Å². The number of rotatable bonds is 5. The normalized spacial score (nSPS) is 11.9. The molecule has 0 unspecified atom stereocenters. The van der Waals surface area contributed by atoms with Crippen LogP contribution in [0.25, 0.3) is 0 Å². The summed E-state index contributed by atoms with van der Waals surface area (Å²) in [7, 11) is 1.91. The van der Waals surface area contributed by atoms with Gasteiger partial charge in [0.15, 0.2) is 0 Å². The summed E-state index contributed by atoms with van der Waals surface area (Å²) in [5.41, 5.74) is 1.48. The Morgan fingerprint density at radius 3 is 2.39 bits per heavy atom. The van der Waals surface area contributed by atoms with Crippen molar-refractivity contribution in [3.8, 4) is 0 Å². The van der Waals surface area contributed by atoms with Crippen LogP contribution in [0.4, 0.5) is 5.82 Å². The number of anilines is 1. The van der Waals surface area contributed by atoms with Crippen LogP contribution in [-0.4, -0.2) is 17.0 Å². The second kappa shape index (κ2) is 6.17. The summed E-state index contributed by atoms with van der Waals surface area (Å²) in [6, 6.07) is 2.06. The fourth-order valence-electron chi connectivity index (χ4n) is 1.80. The number of hydrogen-bond donors (Lipinski definition) is 1. The van der Waals surface area contributed by atoms with Gasteiger partial charge in [-0.1, -0.05) is 34.6 Å². The fourth-order valence-corrected chi connectivity index (χ4v) is 1.80. The summed E-state index contributed by atoms with van der Waals surface area (Å²) in [4.78, 5) is 9.21. The molecule has 0 spiro atoms. The maximum absolute atomic E-state index is 4.67. The Kier molecular flexibility index (Phi) is 5.12.